The molecule has 2 heterocycles. The molecular formula is C21H21NO4S. The summed E-state index contributed by atoms with van der Waals surface area (Å²) in [5.41, 5.74) is 2.22. The van der Waals surface area contributed by atoms with E-state index >= 15 is 0 Å². The zero-order valence-corrected chi connectivity index (χ0v) is 16.1. The second kappa shape index (κ2) is 6.32. The Morgan fingerprint density at radius 1 is 1.19 bits per heavy atom. The maximum absolute atomic E-state index is 13.4. The predicted octanol–water partition coefficient (Wildman–Crippen LogP) is 3.14. The van der Waals surface area contributed by atoms with Crippen LogP contribution < -0.4 is 0 Å². The number of hydrogen-bond donors (Lipinski definition) is 0. The highest BCUT2D eigenvalue weighted by Crippen LogP contribution is 2.52. The third-order valence-electron chi connectivity index (χ3n) is 5.32. The molecular weight excluding hydrogens is 362 g/mol. The smallest absolute Gasteiger partial charge is 0.335 e. The minimum atomic E-state index is -3.73. The van der Waals surface area contributed by atoms with Crippen molar-refractivity contribution in [2.24, 2.45) is 0 Å². The van der Waals surface area contributed by atoms with E-state index in [1.54, 1.807) is 13.0 Å². The highest BCUT2D eigenvalue weighted by atomic mass is 32.2. The lowest BCUT2D eigenvalue weighted by Gasteiger charge is -2.40. The third-order valence-corrected chi connectivity index (χ3v) is 7.25. The summed E-state index contributed by atoms with van der Waals surface area (Å²) in [6.45, 7) is 3.95. The van der Waals surface area contributed by atoms with Crippen LogP contribution in [0.1, 0.15) is 30.0 Å². The maximum Gasteiger partial charge on any atom is 0.335 e. The standard InChI is InChI=1S/C21H21NO4S/c1-3-26-20(23)16-11-12-21(17-7-5-4-6-8-17)18-13-15(2)9-10-19(18)27(24,25)22(21)14-16/h4-11,13H,3,12,14H2,1-2H3. The van der Waals surface area contributed by atoms with Crippen LogP contribution in [0.5, 0.6) is 0 Å². The molecule has 2 aromatic carbocycles. The van der Waals surface area contributed by atoms with Gasteiger partial charge in [-0.2, -0.15) is 4.31 Å². The second-order valence-corrected chi connectivity index (χ2v) is 8.72. The molecule has 0 saturated heterocycles. The number of rotatable bonds is 3. The predicted molar refractivity (Wildman–Crippen MR) is 102 cm³/mol. The van der Waals surface area contributed by atoms with Gasteiger partial charge in [0.25, 0.3) is 0 Å². The van der Waals surface area contributed by atoms with E-state index in [-0.39, 0.29) is 13.2 Å². The fraction of sp³-hybridized carbons (Fsp3) is 0.286. The minimum Gasteiger partial charge on any atom is -0.463 e. The molecule has 5 nitrogen and oxygen atoms in total. The largest absolute Gasteiger partial charge is 0.463 e. The molecule has 1 unspecified atom stereocenters. The van der Waals surface area contributed by atoms with Crippen molar-refractivity contribution in [2.75, 3.05) is 13.2 Å². The number of ether oxygens (including phenoxy) is 1. The van der Waals surface area contributed by atoms with Gasteiger partial charge in [0.1, 0.15) is 0 Å². The first-order valence-corrected chi connectivity index (χ1v) is 10.4. The summed E-state index contributed by atoms with van der Waals surface area (Å²) in [5, 5.41) is 0. The van der Waals surface area contributed by atoms with Gasteiger partial charge in [-0.1, -0.05) is 54.1 Å². The van der Waals surface area contributed by atoms with Crippen molar-refractivity contribution in [3.05, 3.63) is 76.9 Å². The molecule has 0 aliphatic carbocycles. The average Bonchev–Trinajstić information content (AvgIpc) is 2.87. The molecule has 0 N–H and O–H groups in total. The van der Waals surface area contributed by atoms with Crippen LogP contribution in [0, 0.1) is 6.92 Å². The Hall–Kier alpha value is -2.44. The molecule has 0 bridgehead atoms. The van der Waals surface area contributed by atoms with Crippen LogP contribution in [0.4, 0.5) is 0 Å². The first-order chi connectivity index (χ1) is 12.9. The van der Waals surface area contributed by atoms with E-state index in [0.717, 1.165) is 16.7 Å². The van der Waals surface area contributed by atoms with E-state index < -0.39 is 21.5 Å². The molecule has 0 aromatic heterocycles. The van der Waals surface area contributed by atoms with Crippen molar-refractivity contribution >= 4 is 16.0 Å². The van der Waals surface area contributed by atoms with Crippen LogP contribution in [0.25, 0.3) is 0 Å². The van der Waals surface area contributed by atoms with Crippen molar-refractivity contribution in [2.45, 2.75) is 30.7 Å². The Morgan fingerprint density at radius 2 is 1.93 bits per heavy atom. The van der Waals surface area contributed by atoms with E-state index in [2.05, 4.69) is 0 Å². The molecule has 0 spiro atoms. The number of benzene rings is 2. The van der Waals surface area contributed by atoms with Gasteiger partial charge in [0, 0.05) is 12.1 Å². The average molecular weight is 383 g/mol. The number of fused-ring (bicyclic) bond motifs is 3. The molecule has 2 aromatic rings. The number of esters is 1. The normalized spacial score (nSPS) is 23.3. The fourth-order valence-corrected chi connectivity index (χ4v) is 6.06. The summed E-state index contributed by atoms with van der Waals surface area (Å²) in [6.07, 6.45) is 2.22. The van der Waals surface area contributed by atoms with Crippen LogP contribution in [-0.2, 0) is 25.1 Å². The summed E-state index contributed by atoms with van der Waals surface area (Å²) >= 11 is 0. The number of carbonyl (C=O) groups excluding carboxylic acids is 1. The molecule has 27 heavy (non-hydrogen) atoms. The maximum atomic E-state index is 13.4. The Balaban J connectivity index is 1.96. The number of nitrogens with zero attached hydrogens (tertiary/aromatic N) is 1. The van der Waals surface area contributed by atoms with Gasteiger partial charge in [-0.05, 0) is 37.5 Å². The van der Waals surface area contributed by atoms with Gasteiger partial charge in [0.15, 0.2) is 0 Å². The van der Waals surface area contributed by atoms with E-state index in [4.69, 9.17) is 4.74 Å². The molecule has 2 aliphatic heterocycles. The van der Waals surface area contributed by atoms with Gasteiger partial charge in [0.2, 0.25) is 10.0 Å². The first-order valence-electron chi connectivity index (χ1n) is 8.97. The molecule has 4 rings (SSSR count). The van der Waals surface area contributed by atoms with Gasteiger partial charge < -0.3 is 4.74 Å². The summed E-state index contributed by atoms with van der Waals surface area (Å²) in [4.78, 5) is 12.6. The molecule has 0 fully saturated rings. The van der Waals surface area contributed by atoms with Gasteiger partial charge >= 0.3 is 5.97 Å². The lowest BCUT2D eigenvalue weighted by molar-refractivity contribution is -0.138. The molecule has 0 radical (unpaired) electrons. The minimum absolute atomic E-state index is 0.00376. The van der Waals surface area contributed by atoms with Crippen molar-refractivity contribution in [3.63, 3.8) is 0 Å². The molecule has 2 aliphatic rings. The topological polar surface area (TPSA) is 63.7 Å². The zero-order valence-electron chi connectivity index (χ0n) is 15.3. The summed E-state index contributed by atoms with van der Waals surface area (Å²) in [7, 11) is -3.73. The van der Waals surface area contributed by atoms with E-state index in [1.807, 2.05) is 55.5 Å². The molecule has 0 amide bonds. The van der Waals surface area contributed by atoms with Crippen LogP contribution in [0.3, 0.4) is 0 Å². The lowest BCUT2D eigenvalue weighted by atomic mass is 9.77. The van der Waals surface area contributed by atoms with Crippen LogP contribution in [0.15, 0.2) is 65.1 Å². The number of hydrogen-bond acceptors (Lipinski definition) is 4. The Bertz CT molecular complexity index is 1040. The fourth-order valence-electron chi connectivity index (χ4n) is 4.07. The number of carbonyl (C=O) groups is 1. The van der Waals surface area contributed by atoms with Gasteiger partial charge in [0.05, 0.1) is 17.0 Å². The number of aryl methyl sites for hydroxylation is 1. The Kier molecular flexibility index (Phi) is 4.20. The lowest BCUT2D eigenvalue weighted by Crippen LogP contribution is -2.48. The molecule has 140 valence electrons. The van der Waals surface area contributed by atoms with Gasteiger partial charge in [-0.3, -0.25) is 0 Å². The van der Waals surface area contributed by atoms with Crippen LogP contribution in [0.2, 0.25) is 0 Å². The quantitative estimate of drug-likeness (QED) is 0.764. The molecule has 0 saturated carbocycles. The van der Waals surface area contributed by atoms with E-state index in [1.165, 1.54) is 4.31 Å². The summed E-state index contributed by atoms with van der Waals surface area (Å²) in [6, 6.07) is 15.1. The second-order valence-electron chi connectivity index (χ2n) is 6.89. The summed E-state index contributed by atoms with van der Waals surface area (Å²) < 4.78 is 33.3. The summed E-state index contributed by atoms with van der Waals surface area (Å²) in [5.74, 6) is -0.457. The van der Waals surface area contributed by atoms with Crippen LogP contribution >= 0.6 is 0 Å². The Morgan fingerprint density at radius 3 is 2.63 bits per heavy atom. The monoisotopic (exact) mass is 383 g/mol. The van der Waals surface area contributed by atoms with Crippen molar-refractivity contribution in [1.82, 2.24) is 4.31 Å². The highest BCUT2D eigenvalue weighted by molar-refractivity contribution is 7.89. The van der Waals surface area contributed by atoms with E-state index in [9.17, 15) is 13.2 Å². The van der Waals surface area contributed by atoms with Crippen LogP contribution in [-0.4, -0.2) is 31.8 Å². The van der Waals surface area contributed by atoms with Gasteiger partial charge in [-0.15, -0.1) is 0 Å². The molecule has 1 atom stereocenters. The number of sulfonamides is 1. The highest BCUT2D eigenvalue weighted by Gasteiger charge is 2.56. The Labute approximate surface area is 159 Å². The zero-order chi connectivity index (χ0) is 19.2. The SMILES string of the molecule is CCOC(=O)C1=CCC2(c3ccccc3)c3cc(C)ccc3S(=O)(=O)N2C1. The molecule has 6 heteroatoms. The van der Waals surface area contributed by atoms with Crippen molar-refractivity contribution < 1.29 is 17.9 Å². The van der Waals surface area contributed by atoms with Gasteiger partial charge in [-0.25, -0.2) is 13.2 Å². The van der Waals surface area contributed by atoms with Crippen molar-refractivity contribution in [1.29, 1.82) is 0 Å². The van der Waals surface area contributed by atoms with E-state index in [0.29, 0.717) is 16.9 Å². The third kappa shape index (κ3) is 2.55. The first kappa shape index (κ1) is 17.9. The van der Waals surface area contributed by atoms with Crippen molar-refractivity contribution in [3.8, 4) is 0 Å².